The van der Waals surface area contributed by atoms with E-state index in [0.717, 1.165) is 19.1 Å². The minimum Gasteiger partial charge on any atom is -0.378 e. The van der Waals surface area contributed by atoms with Gasteiger partial charge in [-0.3, -0.25) is 4.90 Å². The standard InChI is InChI=1S/C15H30N2O/c1-11(2)15-9-13(6-8-18-15)17-7-4-5-12(3)14(17)10-16/h11-15H,4-10,16H2,1-3H3. The van der Waals surface area contributed by atoms with Gasteiger partial charge in [-0.15, -0.1) is 0 Å². The lowest BCUT2D eigenvalue weighted by Crippen LogP contribution is -2.55. The predicted octanol–water partition coefficient (Wildman–Crippen LogP) is 2.25. The Morgan fingerprint density at radius 3 is 2.78 bits per heavy atom. The molecule has 0 radical (unpaired) electrons. The Morgan fingerprint density at radius 1 is 1.33 bits per heavy atom. The van der Waals surface area contributed by atoms with Gasteiger partial charge in [-0.1, -0.05) is 20.8 Å². The molecule has 3 heteroatoms. The van der Waals surface area contributed by atoms with Gasteiger partial charge in [-0.25, -0.2) is 0 Å². The van der Waals surface area contributed by atoms with E-state index >= 15 is 0 Å². The van der Waals surface area contributed by atoms with Gasteiger partial charge in [0.05, 0.1) is 6.10 Å². The zero-order valence-electron chi connectivity index (χ0n) is 12.3. The predicted molar refractivity (Wildman–Crippen MR) is 75.5 cm³/mol. The van der Waals surface area contributed by atoms with Crippen LogP contribution >= 0.6 is 0 Å². The fourth-order valence-corrected chi connectivity index (χ4v) is 3.68. The van der Waals surface area contributed by atoms with Gasteiger partial charge >= 0.3 is 0 Å². The molecule has 2 heterocycles. The van der Waals surface area contributed by atoms with Crippen molar-refractivity contribution in [1.82, 2.24) is 4.90 Å². The van der Waals surface area contributed by atoms with Crippen molar-refractivity contribution in [2.75, 3.05) is 19.7 Å². The lowest BCUT2D eigenvalue weighted by atomic mass is 9.86. The summed E-state index contributed by atoms with van der Waals surface area (Å²) in [5.41, 5.74) is 6.01. The van der Waals surface area contributed by atoms with Gasteiger partial charge in [0.1, 0.15) is 0 Å². The first-order valence-corrected chi connectivity index (χ1v) is 7.71. The van der Waals surface area contributed by atoms with E-state index in [2.05, 4.69) is 25.7 Å². The molecule has 4 unspecified atom stereocenters. The van der Waals surface area contributed by atoms with Crippen molar-refractivity contribution in [3.8, 4) is 0 Å². The third-order valence-corrected chi connectivity index (χ3v) is 4.90. The summed E-state index contributed by atoms with van der Waals surface area (Å²) in [5, 5.41) is 0. The van der Waals surface area contributed by atoms with Crippen molar-refractivity contribution < 1.29 is 4.74 Å². The van der Waals surface area contributed by atoms with Crippen molar-refractivity contribution in [3.63, 3.8) is 0 Å². The Morgan fingerprint density at radius 2 is 2.11 bits per heavy atom. The molecule has 2 N–H and O–H groups in total. The normalized spacial score (nSPS) is 39.2. The number of hydrogen-bond donors (Lipinski definition) is 1. The lowest BCUT2D eigenvalue weighted by molar-refractivity contribution is -0.0663. The van der Waals surface area contributed by atoms with Crippen LogP contribution in [-0.4, -0.2) is 42.8 Å². The third kappa shape index (κ3) is 3.06. The summed E-state index contributed by atoms with van der Waals surface area (Å²) in [6.45, 7) is 9.88. The zero-order valence-corrected chi connectivity index (χ0v) is 12.3. The number of rotatable bonds is 3. The molecule has 2 rings (SSSR count). The summed E-state index contributed by atoms with van der Waals surface area (Å²) in [6, 6.07) is 1.29. The van der Waals surface area contributed by atoms with Crippen molar-refractivity contribution in [2.45, 2.75) is 64.6 Å². The Balaban J connectivity index is 2.00. The second-order valence-electron chi connectivity index (χ2n) is 6.49. The van der Waals surface area contributed by atoms with E-state index in [4.69, 9.17) is 10.5 Å². The SMILES string of the molecule is CC(C)C1CC(N2CCCC(C)C2CN)CCO1. The van der Waals surface area contributed by atoms with Crippen LogP contribution in [0.4, 0.5) is 0 Å². The molecule has 18 heavy (non-hydrogen) atoms. The summed E-state index contributed by atoms with van der Waals surface area (Å²) in [4.78, 5) is 2.70. The monoisotopic (exact) mass is 254 g/mol. The molecule has 0 aliphatic carbocycles. The van der Waals surface area contributed by atoms with Gasteiger partial charge in [-0.05, 0) is 44.1 Å². The van der Waals surface area contributed by atoms with Crippen molar-refractivity contribution in [3.05, 3.63) is 0 Å². The van der Waals surface area contributed by atoms with Crippen LogP contribution in [0.5, 0.6) is 0 Å². The first kappa shape index (κ1) is 14.3. The fourth-order valence-electron chi connectivity index (χ4n) is 3.68. The highest BCUT2D eigenvalue weighted by Gasteiger charge is 2.35. The van der Waals surface area contributed by atoms with Crippen LogP contribution in [0.3, 0.4) is 0 Å². The molecule has 0 bridgehead atoms. The molecular formula is C15H30N2O. The molecule has 2 fully saturated rings. The maximum Gasteiger partial charge on any atom is 0.0612 e. The molecule has 2 aliphatic heterocycles. The summed E-state index contributed by atoms with van der Waals surface area (Å²) >= 11 is 0. The molecule has 0 amide bonds. The number of hydrogen-bond acceptors (Lipinski definition) is 3. The van der Waals surface area contributed by atoms with E-state index in [1.807, 2.05) is 0 Å². The van der Waals surface area contributed by atoms with Crippen LogP contribution in [0.25, 0.3) is 0 Å². The topological polar surface area (TPSA) is 38.5 Å². The summed E-state index contributed by atoms with van der Waals surface area (Å²) in [5.74, 6) is 1.38. The van der Waals surface area contributed by atoms with Crippen LogP contribution in [0.2, 0.25) is 0 Å². The molecule has 0 aromatic rings. The first-order valence-electron chi connectivity index (χ1n) is 7.71. The minimum absolute atomic E-state index is 0.444. The Bertz CT molecular complexity index is 257. The van der Waals surface area contributed by atoms with Crippen LogP contribution in [0, 0.1) is 11.8 Å². The second kappa shape index (κ2) is 6.36. The van der Waals surface area contributed by atoms with E-state index in [1.165, 1.54) is 32.2 Å². The summed E-state index contributed by atoms with van der Waals surface area (Å²) in [6.07, 6.45) is 5.50. The van der Waals surface area contributed by atoms with E-state index in [-0.39, 0.29) is 0 Å². The number of nitrogens with zero attached hydrogens (tertiary/aromatic N) is 1. The van der Waals surface area contributed by atoms with Gasteiger partial charge in [0.2, 0.25) is 0 Å². The van der Waals surface area contributed by atoms with Crippen LogP contribution < -0.4 is 5.73 Å². The second-order valence-corrected chi connectivity index (χ2v) is 6.49. The maximum absolute atomic E-state index is 6.01. The van der Waals surface area contributed by atoms with Crippen LogP contribution in [0.1, 0.15) is 46.5 Å². The minimum atomic E-state index is 0.444. The molecule has 0 aromatic heterocycles. The molecule has 0 saturated carbocycles. The molecule has 4 atom stereocenters. The number of ether oxygens (including phenoxy) is 1. The van der Waals surface area contributed by atoms with E-state index in [9.17, 15) is 0 Å². The fraction of sp³-hybridized carbons (Fsp3) is 1.00. The number of likely N-dealkylation sites (tertiary alicyclic amines) is 1. The van der Waals surface area contributed by atoms with Crippen LogP contribution in [-0.2, 0) is 4.74 Å². The van der Waals surface area contributed by atoms with Gasteiger partial charge < -0.3 is 10.5 Å². The quantitative estimate of drug-likeness (QED) is 0.839. The number of piperidine rings is 1. The molecule has 0 aromatic carbocycles. The van der Waals surface area contributed by atoms with Gasteiger partial charge in [0.15, 0.2) is 0 Å². The summed E-state index contributed by atoms with van der Waals surface area (Å²) in [7, 11) is 0. The lowest BCUT2D eigenvalue weighted by Gasteiger charge is -2.47. The first-order chi connectivity index (χ1) is 8.63. The highest BCUT2D eigenvalue weighted by atomic mass is 16.5. The van der Waals surface area contributed by atoms with Gasteiger partial charge in [-0.2, -0.15) is 0 Å². The molecular weight excluding hydrogens is 224 g/mol. The Labute approximate surface area is 112 Å². The van der Waals surface area contributed by atoms with Crippen molar-refractivity contribution in [2.24, 2.45) is 17.6 Å². The summed E-state index contributed by atoms with van der Waals surface area (Å²) < 4.78 is 5.90. The Hall–Kier alpha value is -0.120. The van der Waals surface area contributed by atoms with E-state index in [0.29, 0.717) is 24.1 Å². The average Bonchev–Trinajstić information content (AvgIpc) is 2.38. The highest BCUT2D eigenvalue weighted by Crippen LogP contribution is 2.30. The van der Waals surface area contributed by atoms with Crippen LogP contribution in [0.15, 0.2) is 0 Å². The maximum atomic E-state index is 6.01. The molecule has 106 valence electrons. The third-order valence-electron chi connectivity index (χ3n) is 4.90. The average molecular weight is 254 g/mol. The van der Waals surface area contributed by atoms with Gasteiger partial charge in [0, 0.05) is 25.2 Å². The molecule has 2 saturated heterocycles. The van der Waals surface area contributed by atoms with Gasteiger partial charge in [0.25, 0.3) is 0 Å². The molecule has 0 spiro atoms. The van der Waals surface area contributed by atoms with E-state index < -0.39 is 0 Å². The van der Waals surface area contributed by atoms with E-state index in [1.54, 1.807) is 0 Å². The largest absolute Gasteiger partial charge is 0.378 e. The highest BCUT2D eigenvalue weighted by molar-refractivity contribution is 4.90. The molecule has 3 nitrogen and oxygen atoms in total. The van der Waals surface area contributed by atoms with Crippen molar-refractivity contribution >= 4 is 0 Å². The number of nitrogens with two attached hydrogens (primary N) is 1. The smallest absolute Gasteiger partial charge is 0.0612 e. The Kier molecular flexibility index (Phi) is 5.05. The zero-order chi connectivity index (χ0) is 13.1. The molecule has 2 aliphatic rings. The van der Waals surface area contributed by atoms with Crippen molar-refractivity contribution in [1.29, 1.82) is 0 Å².